The average Bonchev–Trinajstić information content (AvgIpc) is 2.62. The first-order chi connectivity index (χ1) is 8.08. The SMILES string of the molecule is Nc1nc2c(ncn2C2C(O)CC2O)c(=O)[nH]1. The van der Waals surface area contributed by atoms with Gasteiger partial charge in [-0.3, -0.25) is 9.78 Å². The van der Waals surface area contributed by atoms with E-state index in [1.54, 1.807) is 0 Å². The number of nitrogens with two attached hydrogens (primary N) is 1. The van der Waals surface area contributed by atoms with Gasteiger partial charge in [0.05, 0.1) is 24.6 Å². The van der Waals surface area contributed by atoms with Crippen molar-refractivity contribution < 1.29 is 10.2 Å². The van der Waals surface area contributed by atoms with Crippen molar-refractivity contribution >= 4 is 17.1 Å². The normalized spacial score (nSPS) is 28.2. The number of aliphatic hydroxyl groups is 2. The molecule has 3 rings (SSSR count). The first kappa shape index (κ1) is 10.2. The van der Waals surface area contributed by atoms with Crippen molar-refractivity contribution in [3.8, 4) is 0 Å². The number of aliphatic hydroxyl groups excluding tert-OH is 2. The molecule has 2 unspecified atom stereocenters. The Kier molecular flexibility index (Phi) is 1.98. The van der Waals surface area contributed by atoms with Crippen LogP contribution in [-0.4, -0.2) is 41.9 Å². The summed E-state index contributed by atoms with van der Waals surface area (Å²) in [6.45, 7) is 0. The van der Waals surface area contributed by atoms with Crippen LogP contribution in [0.2, 0.25) is 0 Å². The Morgan fingerprint density at radius 3 is 2.82 bits per heavy atom. The van der Waals surface area contributed by atoms with Gasteiger partial charge >= 0.3 is 0 Å². The summed E-state index contributed by atoms with van der Waals surface area (Å²) in [6, 6.07) is -0.520. The summed E-state index contributed by atoms with van der Waals surface area (Å²) in [7, 11) is 0. The molecule has 0 radical (unpaired) electrons. The molecule has 0 aliphatic heterocycles. The van der Waals surface area contributed by atoms with Crippen molar-refractivity contribution in [3.63, 3.8) is 0 Å². The monoisotopic (exact) mass is 237 g/mol. The summed E-state index contributed by atoms with van der Waals surface area (Å²) in [6.07, 6.45) is 0.362. The number of H-pyrrole nitrogens is 1. The van der Waals surface area contributed by atoms with Crippen LogP contribution < -0.4 is 11.3 Å². The summed E-state index contributed by atoms with van der Waals surface area (Å²) in [4.78, 5) is 21.7. The largest absolute Gasteiger partial charge is 0.391 e. The molecule has 2 heterocycles. The Morgan fingerprint density at radius 2 is 2.18 bits per heavy atom. The number of hydrogen-bond donors (Lipinski definition) is 4. The maximum Gasteiger partial charge on any atom is 0.280 e. The van der Waals surface area contributed by atoms with Crippen LogP contribution in [-0.2, 0) is 0 Å². The van der Waals surface area contributed by atoms with Crippen molar-refractivity contribution in [2.75, 3.05) is 5.73 Å². The molecule has 0 spiro atoms. The molecular formula is C9H11N5O3. The highest BCUT2D eigenvalue weighted by Gasteiger charge is 2.41. The minimum atomic E-state index is -0.662. The molecule has 1 aliphatic carbocycles. The van der Waals surface area contributed by atoms with Gasteiger partial charge in [-0.05, 0) is 0 Å². The molecule has 2 aromatic rings. The predicted octanol–water partition coefficient (Wildman–Crippen LogP) is -1.63. The third kappa shape index (κ3) is 1.34. The molecule has 1 aliphatic rings. The van der Waals surface area contributed by atoms with Crippen LogP contribution in [0.5, 0.6) is 0 Å². The van der Waals surface area contributed by atoms with Crippen LogP contribution in [0.15, 0.2) is 11.1 Å². The van der Waals surface area contributed by atoms with Gasteiger partial charge in [-0.15, -0.1) is 0 Å². The number of nitrogens with one attached hydrogen (secondary N) is 1. The zero-order valence-corrected chi connectivity index (χ0v) is 8.74. The fourth-order valence-electron chi connectivity index (χ4n) is 2.12. The Hall–Kier alpha value is -1.93. The zero-order valence-electron chi connectivity index (χ0n) is 8.74. The number of aromatic amines is 1. The molecule has 0 amide bonds. The van der Waals surface area contributed by atoms with Crippen LogP contribution in [0.3, 0.4) is 0 Å². The predicted molar refractivity (Wildman–Crippen MR) is 58.2 cm³/mol. The highest BCUT2D eigenvalue weighted by atomic mass is 16.3. The lowest BCUT2D eigenvalue weighted by atomic mass is 9.85. The second-order valence-electron chi connectivity index (χ2n) is 4.14. The summed E-state index contributed by atoms with van der Waals surface area (Å²) in [5.74, 6) is -0.0208. The smallest absolute Gasteiger partial charge is 0.280 e. The van der Waals surface area contributed by atoms with Gasteiger partial charge in [0, 0.05) is 6.42 Å². The van der Waals surface area contributed by atoms with Gasteiger partial charge in [0.2, 0.25) is 5.95 Å². The summed E-state index contributed by atoms with van der Waals surface area (Å²) >= 11 is 0. The summed E-state index contributed by atoms with van der Waals surface area (Å²) in [5.41, 5.74) is 5.43. The maximum atomic E-state index is 11.5. The van der Waals surface area contributed by atoms with Gasteiger partial charge in [0.15, 0.2) is 11.2 Å². The van der Waals surface area contributed by atoms with Gasteiger partial charge < -0.3 is 20.5 Å². The van der Waals surface area contributed by atoms with Crippen LogP contribution in [0.4, 0.5) is 5.95 Å². The molecule has 1 fully saturated rings. The fourth-order valence-corrected chi connectivity index (χ4v) is 2.12. The summed E-state index contributed by atoms with van der Waals surface area (Å²) in [5, 5.41) is 19.2. The van der Waals surface area contributed by atoms with Crippen LogP contribution >= 0.6 is 0 Å². The number of aromatic nitrogens is 4. The number of nitrogens with zero attached hydrogens (tertiary/aromatic N) is 3. The Labute approximate surface area is 94.7 Å². The van der Waals surface area contributed by atoms with Crippen molar-refractivity contribution in [1.29, 1.82) is 0 Å². The second-order valence-corrected chi connectivity index (χ2v) is 4.14. The fraction of sp³-hybridized carbons (Fsp3) is 0.444. The van der Waals surface area contributed by atoms with Gasteiger partial charge in [-0.1, -0.05) is 0 Å². The van der Waals surface area contributed by atoms with E-state index >= 15 is 0 Å². The molecule has 1 saturated carbocycles. The number of imidazole rings is 1. The molecule has 0 bridgehead atoms. The lowest BCUT2D eigenvalue weighted by Gasteiger charge is -2.38. The highest BCUT2D eigenvalue weighted by Crippen LogP contribution is 2.34. The molecular weight excluding hydrogens is 226 g/mol. The van der Waals surface area contributed by atoms with Gasteiger partial charge in [-0.2, -0.15) is 4.98 Å². The molecule has 2 aromatic heterocycles. The minimum absolute atomic E-state index is 0.0208. The molecule has 8 heteroatoms. The van der Waals surface area contributed by atoms with Crippen molar-refractivity contribution in [2.45, 2.75) is 24.7 Å². The van der Waals surface area contributed by atoms with Crippen molar-refractivity contribution in [3.05, 3.63) is 16.7 Å². The topological polar surface area (TPSA) is 130 Å². The number of nitrogen functional groups attached to an aromatic ring is 1. The third-order valence-electron chi connectivity index (χ3n) is 3.04. The molecule has 5 N–H and O–H groups in total. The average molecular weight is 237 g/mol. The molecule has 17 heavy (non-hydrogen) atoms. The third-order valence-corrected chi connectivity index (χ3v) is 3.04. The lowest BCUT2D eigenvalue weighted by molar-refractivity contribution is -0.0804. The van der Waals surface area contributed by atoms with Gasteiger partial charge in [0.1, 0.15) is 0 Å². The van der Waals surface area contributed by atoms with Crippen molar-refractivity contribution in [2.24, 2.45) is 0 Å². The van der Waals surface area contributed by atoms with E-state index in [9.17, 15) is 15.0 Å². The van der Waals surface area contributed by atoms with Crippen LogP contribution in [0.25, 0.3) is 11.2 Å². The Bertz CT molecular complexity index is 625. The first-order valence-electron chi connectivity index (χ1n) is 5.16. The van der Waals surface area contributed by atoms with E-state index in [0.717, 1.165) is 0 Å². The minimum Gasteiger partial charge on any atom is -0.391 e. The maximum absolute atomic E-state index is 11.5. The van der Waals surface area contributed by atoms with E-state index in [-0.39, 0.29) is 17.1 Å². The molecule has 8 nitrogen and oxygen atoms in total. The van der Waals surface area contributed by atoms with Crippen molar-refractivity contribution in [1.82, 2.24) is 19.5 Å². The van der Waals surface area contributed by atoms with E-state index in [1.807, 2.05) is 0 Å². The van der Waals surface area contributed by atoms with Crippen LogP contribution in [0.1, 0.15) is 12.5 Å². The van der Waals surface area contributed by atoms with E-state index in [4.69, 9.17) is 5.73 Å². The second kappa shape index (κ2) is 3.28. The van der Waals surface area contributed by atoms with Crippen LogP contribution in [0, 0.1) is 0 Å². The quantitative estimate of drug-likeness (QED) is 0.471. The number of fused-ring (bicyclic) bond motifs is 1. The molecule has 0 aromatic carbocycles. The number of anilines is 1. The Morgan fingerprint density at radius 1 is 1.47 bits per heavy atom. The zero-order chi connectivity index (χ0) is 12.2. The van der Waals surface area contributed by atoms with E-state index < -0.39 is 23.8 Å². The van der Waals surface area contributed by atoms with Gasteiger partial charge in [-0.25, -0.2) is 4.98 Å². The molecule has 2 atom stereocenters. The van der Waals surface area contributed by atoms with E-state index in [1.165, 1.54) is 10.9 Å². The standard InChI is InChI=1S/C9H11N5O3/c10-9-12-7-5(8(17)13-9)11-2-14(7)6-3(15)1-4(6)16/h2-4,6,15-16H,1H2,(H3,10,12,13,17). The Balaban J connectivity index is 2.21. The van der Waals surface area contributed by atoms with E-state index in [2.05, 4.69) is 15.0 Å². The molecule has 90 valence electrons. The van der Waals surface area contributed by atoms with E-state index in [0.29, 0.717) is 6.42 Å². The highest BCUT2D eigenvalue weighted by molar-refractivity contribution is 5.70. The number of hydrogen-bond acceptors (Lipinski definition) is 6. The lowest BCUT2D eigenvalue weighted by Crippen LogP contribution is -2.46. The molecule has 0 saturated heterocycles. The first-order valence-corrected chi connectivity index (χ1v) is 5.16. The number of rotatable bonds is 1. The van der Waals surface area contributed by atoms with Gasteiger partial charge in [0.25, 0.3) is 5.56 Å². The summed E-state index contributed by atoms with van der Waals surface area (Å²) < 4.78 is 1.49.